The maximum atomic E-state index is 10.9. The highest BCUT2D eigenvalue weighted by Gasteiger charge is 2.23. The maximum absolute atomic E-state index is 10.9. The predicted octanol–water partition coefficient (Wildman–Crippen LogP) is 2.49. The van der Waals surface area contributed by atoms with E-state index in [-0.39, 0.29) is 0 Å². The standard InChI is InChI=1S/C12H14O3/c1-2-8-7-10(15-9-3-4-9)5-6-11(8)12(13)14/h5-7,9H,2-4H2,1H3,(H,13,14). The number of carboxylic acids is 1. The first-order valence-corrected chi connectivity index (χ1v) is 5.23. The number of carboxylic acid groups (broad SMARTS) is 1. The molecule has 0 unspecified atom stereocenters. The number of hydrogen-bond acceptors (Lipinski definition) is 2. The van der Waals surface area contributed by atoms with Crippen molar-refractivity contribution < 1.29 is 14.6 Å². The Balaban J connectivity index is 2.24. The third-order valence-electron chi connectivity index (χ3n) is 2.52. The monoisotopic (exact) mass is 206 g/mol. The van der Waals surface area contributed by atoms with E-state index < -0.39 is 5.97 Å². The van der Waals surface area contributed by atoms with Gasteiger partial charge in [0, 0.05) is 0 Å². The topological polar surface area (TPSA) is 46.5 Å². The Bertz CT molecular complexity index is 380. The summed E-state index contributed by atoms with van der Waals surface area (Å²) in [5, 5.41) is 8.94. The van der Waals surface area contributed by atoms with Crippen molar-refractivity contribution in [2.75, 3.05) is 0 Å². The molecule has 3 heteroatoms. The fourth-order valence-electron chi connectivity index (χ4n) is 1.52. The van der Waals surface area contributed by atoms with Crippen molar-refractivity contribution in [3.05, 3.63) is 29.3 Å². The van der Waals surface area contributed by atoms with E-state index in [1.807, 2.05) is 13.0 Å². The average molecular weight is 206 g/mol. The largest absolute Gasteiger partial charge is 0.490 e. The molecule has 0 amide bonds. The van der Waals surface area contributed by atoms with Gasteiger partial charge in [-0.15, -0.1) is 0 Å². The van der Waals surface area contributed by atoms with E-state index >= 15 is 0 Å². The molecule has 1 aromatic rings. The molecule has 2 rings (SSSR count). The van der Waals surface area contributed by atoms with Crippen LogP contribution in [0.2, 0.25) is 0 Å². The van der Waals surface area contributed by atoms with Crippen LogP contribution in [-0.2, 0) is 6.42 Å². The van der Waals surface area contributed by atoms with Crippen LogP contribution in [0.5, 0.6) is 5.75 Å². The molecule has 1 aliphatic rings. The van der Waals surface area contributed by atoms with Crippen molar-refractivity contribution in [3.8, 4) is 5.75 Å². The van der Waals surface area contributed by atoms with Gasteiger partial charge in [-0.05, 0) is 43.0 Å². The summed E-state index contributed by atoms with van der Waals surface area (Å²) in [5.41, 5.74) is 1.21. The molecule has 0 radical (unpaired) electrons. The van der Waals surface area contributed by atoms with Crippen LogP contribution in [0.3, 0.4) is 0 Å². The Morgan fingerprint density at radius 1 is 1.53 bits per heavy atom. The zero-order chi connectivity index (χ0) is 10.8. The smallest absolute Gasteiger partial charge is 0.335 e. The SMILES string of the molecule is CCc1cc(OC2CC2)ccc1C(=O)O. The summed E-state index contributed by atoms with van der Waals surface area (Å²) in [7, 11) is 0. The van der Waals surface area contributed by atoms with Gasteiger partial charge < -0.3 is 9.84 Å². The number of aryl methyl sites for hydroxylation is 1. The molecule has 15 heavy (non-hydrogen) atoms. The fraction of sp³-hybridized carbons (Fsp3) is 0.417. The molecule has 0 aromatic heterocycles. The van der Waals surface area contributed by atoms with Crippen molar-refractivity contribution in [1.29, 1.82) is 0 Å². The third kappa shape index (κ3) is 2.29. The van der Waals surface area contributed by atoms with E-state index in [2.05, 4.69) is 0 Å². The Morgan fingerprint density at radius 3 is 2.80 bits per heavy atom. The van der Waals surface area contributed by atoms with Crippen LogP contribution in [0.1, 0.15) is 35.7 Å². The third-order valence-corrected chi connectivity index (χ3v) is 2.52. The molecule has 0 bridgehead atoms. The highest BCUT2D eigenvalue weighted by Crippen LogP contribution is 2.28. The molecule has 1 saturated carbocycles. The maximum Gasteiger partial charge on any atom is 0.335 e. The molecular weight excluding hydrogens is 192 g/mol. The van der Waals surface area contributed by atoms with Crippen LogP contribution in [-0.4, -0.2) is 17.2 Å². The molecule has 1 aromatic carbocycles. The number of benzene rings is 1. The zero-order valence-electron chi connectivity index (χ0n) is 8.69. The Kier molecular flexibility index (Phi) is 2.62. The van der Waals surface area contributed by atoms with Crippen LogP contribution in [0.4, 0.5) is 0 Å². The van der Waals surface area contributed by atoms with E-state index in [9.17, 15) is 4.79 Å². The van der Waals surface area contributed by atoms with Gasteiger partial charge in [0.1, 0.15) is 5.75 Å². The van der Waals surface area contributed by atoms with Crippen LogP contribution < -0.4 is 4.74 Å². The van der Waals surface area contributed by atoms with Crippen LogP contribution in [0.15, 0.2) is 18.2 Å². The number of carbonyl (C=O) groups is 1. The lowest BCUT2D eigenvalue weighted by Gasteiger charge is -2.08. The van der Waals surface area contributed by atoms with Gasteiger partial charge in [0.2, 0.25) is 0 Å². The van der Waals surface area contributed by atoms with Gasteiger partial charge >= 0.3 is 5.97 Å². The second-order valence-electron chi connectivity index (χ2n) is 3.79. The van der Waals surface area contributed by atoms with E-state index in [0.717, 1.165) is 24.2 Å². The normalized spacial score (nSPS) is 15.0. The number of ether oxygens (including phenoxy) is 1. The highest BCUT2D eigenvalue weighted by atomic mass is 16.5. The summed E-state index contributed by atoms with van der Waals surface area (Å²) in [4.78, 5) is 10.9. The summed E-state index contributed by atoms with van der Waals surface area (Å²) >= 11 is 0. The molecular formula is C12H14O3. The predicted molar refractivity (Wildman–Crippen MR) is 56.4 cm³/mol. The second-order valence-corrected chi connectivity index (χ2v) is 3.79. The molecule has 1 N–H and O–H groups in total. The van der Waals surface area contributed by atoms with E-state index in [4.69, 9.17) is 9.84 Å². The lowest BCUT2D eigenvalue weighted by molar-refractivity contribution is 0.0695. The highest BCUT2D eigenvalue weighted by molar-refractivity contribution is 5.89. The summed E-state index contributed by atoms with van der Waals surface area (Å²) in [6.07, 6.45) is 3.29. The average Bonchev–Trinajstić information content (AvgIpc) is 3.01. The van der Waals surface area contributed by atoms with Gasteiger partial charge in [-0.2, -0.15) is 0 Å². The van der Waals surface area contributed by atoms with E-state index in [0.29, 0.717) is 18.1 Å². The Morgan fingerprint density at radius 2 is 2.27 bits per heavy atom. The first-order valence-electron chi connectivity index (χ1n) is 5.23. The minimum Gasteiger partial charge on any atom is -0.490 e. The first-order chi connectivity index (χ1) is 7.20. The van der Waals surface area contributed by atoms with Crippen LogP contribution >= 0.6 is 0 Å². The van der Waals surface area contributed by atoms with Gasteiger partial charge in [0.15, 0.2) is 0 Å². The molecule has 0 heterocycles. The van der Waals surface area contributed by atoms with E-state index in [1.165, 1.54) is 0 Å². The summed E-state index contributed by atoms with van der Waals surface area (Å²) in [5.74, 6) is -0.0795. The molecule has 1 aliphatic carbocycles. The number of rotatable bonds is 4. The van der Waals surface area contributed by atoms with Crippen molar-refractivity contribution in [2.45, 2.75) is 32.3 Å². The summed E-state index contributed by atoms with van der Waals surface area (Å²) in [6.45, 7) is 1.95. The second kappa shape index (κ2) is 3.93. The molecule has 3 nitrogen and oxygen atoms in total. The molecule has 0 saturated heterocycles. The quantitative estimate of drug-likeness (QED) is 0.823. The molecule has 0 spiro atoms. The van der Waals surface area contributed by atoms with Crippen molar-refractivity contribution >= 4 is 5.97 Å². The van der Waals surface area contributed by atoms with Gasteiger partial charge in [-0.1, -0.05) is 6.92 Å². The summed E-state index contributed by atoms with van der Waals surface area (Å²) in [6, 6.07) is 5.20. The van der Waals surface area contributed by atoms with E-state index in [1.54, 1.807) is 12.1 Å². The minimum absolute atomic E-state index is 0.352. The molecule has 1 fully saturated rings. The summed E-state index contributed by atoms with van der Waals surface area (Å²) < 4.78 is 5.61. The van der Waals surface area contributed by atoms with Gasteiger partial charge in [0.25, 0.3) is 0 Å². The lowest BCUT2D eigenvalue weighted by atomic mass is 10.1. The number of hydrogen-bond donors (Lipinski definition) is 1. The first kappa shape index (κ1) is 10.0. The number of aromatic carboxylic acids is 1. The Labute approximate surface area is 88.7 Å². The molecule has 0 aliphatic heterocycles. The van der Waals surface area contributed by atoms with Gasteiger partial charge in [-0.25, -0.2) is 4.79 Å². The van der Waals surface area contributed by atoms with Crippen molar-refractivity contribution in [3.63, 3.8) is 0 Å². The Hall–Kier alpha value is -1.51. The lowest BCUT2D eigenvalue weighted by Crippen LogP contribution is -2.03. The molecule has 80 valence electrons. The minimum atomic E-state index is -0.871. The van der Waals surface area contributed by atoms with Gasteiger partial charge in [0.05, 0.1) is 11.7 Å². The zero-order valence-corrected chi connectivity index (χ0v) is 8.69. The van der Waals surface area contributed by atoms with Crippen molar-refractivity contribution in [2.24, 2.45) is 0 Å². The van der Waals surface area contributed by atoms with Crippen molar-refractivity contribution in [1.82, 2.24) is 0 Å². The fourth-order valence-corrected chi connectivity index (χ4v) is 1.52. The van der Waals surface area contributed by atoms with Gasteiger partial charge in [-0.3, -0.25) is 0 Å². The van der Waals surface area contributed by atoms with Crippen LogP contribution in [0.25, 0.3) is 0 Å². The molecule has 0 atom stereocenters. The van der Waals surface area contributed by atoms with Crippen LogP contribution in [0, 0.1) is 0 Å².